The van der Waals surface area contributed by atoms with Gasteiger partial charge in [0, 0.05) is 18.7 Å². The van der Waals surface area contributed by atoms with E-state index in [4.69, 9.17) is 20.3 Å². The summed E-state index contributed by atoms with van der Waals surface area (Å²) in [6, 6.07) is 15.1. The molecule has 3 N–H and O–H groups in total. The second kappa shape index (κ2) is 8.17. The Morgan fingerprint density at radius 2 is 1.62 bits per heavy atom. The first-order valence-corrected chi connectivity index (χ1v) is 7.09. The third-order valence-corrected chi connectivity index (χ3v) is 3.05. The van der Waals surface area contributed by atoms with Crippen LogP contribution in [0.3, 0.4) is 0 Å². The molecule has 2 rings (SSSR count). The zero-order valence-electron chi connectivity index (χ0n) is 12.0. The van der Waals surface area contributed by atoms with Crippen LogP contribution in [0, 0.1) is 0 Å². The minimum atomic E-state index is 0.126. The summed E-state index contributed by atoms with van der Waals surface area (Å²) >= 11 is 0. The van der Waals surface area contributed by atoms with Gasteiger partial charge in [0.05, 0.1) is 13.2 Å². The molecule has 0 aromatic heterocycles. The maximum absolute atomic E-state index is 9.01. The highest BCUT2D eigenvalue weighted by molar-refractivity contribution is 5.41. The zero-order valence-corrected chi connectivity index (χ0v) is 12.0. The zero-order chi connectivity index (χ0) is 14.9. The number of rotatable bonds is 8. The summed E-state index contributed by atoms with van der Waals surface area (Å²) in [5.41, 5.74) is 7.37. The summed E-state index contributed by atoms with van der Waals surface area (Å²) in [6.07, 6.45) is 1.40. The Bertz CT molecular complexity index is 540. The van der Waals surface area contributed by atoms with Gasteiger partial charge in [0.1, 0.15) is 11.5 Å². The van der Waals surface area contributed by atoms with Gasteiger partial charge in [0.2, 0.25) is 0 Å². The Hall–Kier alpha value is -2.20. The molecule has 0 radical (unpaired) electrons. The molecule has 0 heterocycles. The van der Waals surface area contributed by atoms with Gasteiger partial charge in [-0.05, 0) is 42.3 Å². The first-order valence-electron chi connectivity index (χ1n) is 7.09. The van der Waals surface area contributed by atoms with Crippen LogP contribution in [-0.2, 0) is 6.42 Å². The van der Waals surface area contributed by atoms with Crippen molar-refractivity contribution >= 4 is 5.69 Å². The average Bonchev–Trinajstić information content (AvgIpc) is 2.51. The minimum absolute atomic E-state index is 0.126. The van der Waals surface area contributed by atoms with Crippen LogP contribution in [0.25, 0.3) is 0 Å². The Labute approximate surface area is 125 Å². The normalized spacial score (nSPS) is 10.3. The van der Waals surface area contributed by atoms with E-state index in [1.165, 1.54) is 0 Å². The second-order valence-corrected chi connectivity index (χ2v) is 4.70. The third kappa shape index (κ3) is 5.00. The summed E-state index contributed by atoms with van der Waals surface area (Å²) in [5.74, 6) is 1.64. The molecule has 0 aliphatic rings. The number of benzene rings is 2. The number of nitrogen functional groups attached to an aromatic ring is 1. The Morgan fingerprint density at radius 3 is 2.38 bits per heavy atom. The summed E-state index contributed by atoms with van der Waals surface area (Å²) in [5, 5.41) is 9.01. The highest BCUT2D eigenvalue weighted by atomic mass is 16.5. The number of aliphatic hydroxyl groups is 1. The van der Waals surface area contributed by atoms with E-state index >= 15 is 0 Å². The monoisotopic (exact) mass is 287 g/mol. The number of anilines is 1. The van der Waals surface area contributed by atoms with Crippen LogP contribution in [0.15, 0.2) is 48.5 Å². The predicted octanol–water partition coefficient (Wildman–Crippen LogP) is 2.65. The lowest BCUT2D eigenvalue weighted by Gasteiger charge is -2.11. The molecule has 21 heavy (non-hydrogen) atoms. The standard InChI is InChI=1S/C17H21NO3/c18-15-6-8-16(9-7-15)20-12-3-13-21-17-5-2-1-4-14(17)10-11-19/h1-2,4-9,19H,3,10-13,18H2. The number of aliphatic hydroxyl groups excluding tert-OH is 1. The molecule has 4 nitrogen and oxygen atoms in total. The van der Waals surface area contributed by atoms with Crippen LogP contribution in [-0.4, -0.2) is 24.9 Å². The molecule has 0 atom stereocenters. The van der Waals surface area contributed by atoms with Crippen molar-refractivity contribution in [2.24, 2.45) is 0 Å². The second-order valence-electron chi connectivity index (χ2n) is 4.70. The molecule has 0 saturated heterocycles. The molecule has 4 heteroatoms. The van der Waals surface area contributed by atoms with Gasteiger partial charge in [-0.25, -0.2) is 0 Å². The quantitative estimate of drug-likeness (QED) is 0.578. The molecule has 2 aromatic carbocycles. The van der Waals surface area contributed by atoms with Gasteiger partial charge in [-0.15, -0.1) is 0 Å². The first-order chi connectivity index (χ1) is 10.3. The van der Waals surface area contributed by atoms with Crippen molar-refractivity contribution < 1.29 is 14.6 Å². The molecule has 0 unspecified atom stereocenters. The van der Waals surface area contributed by atoms with Crippen molar-refractivity contribution in [3.05, 3.63) is 54.1 Å². The largest absolute Gasteiger partial charge is 0.493 e. The van der Waals surface area contributed by atoms with Gasteiger partial charge in [-0.2, -0.15) is 0 Å². The number of para-hydroxylation sites is 1. The summed E-state index contributed by atoms with van der Waals surface area (Å²) < 4.78 is 11.3. The van der Waals surface area contributed by atoms with Crippen LogP contribution >= 0.6 is 0 Å². The lowest BCUT2D eigenvalue weighted by Crippen LogP contribution is -2.06. The van der Waals surface area contributed by atoms with Crippen LogP contribution in [0.4, 0.5) is 5.69 Å². The van der Waals surface area contributed by atoms with E-state index in [1.54, 1.807) is 0 Å². The molecule has 2 aromatic rings. The van der Waals surface area contributed by atoms with Crippen LogP contribution < -0.4 is 15.2 Å². The fourth-order valence-electron chi connectivity index (χ4n) is 1.97. The molecule has 0 saturated carbocycles. The van der Waals surface area contributed by atoms with Gasteiger partial charge < -0.3 is 20.3 Å². The van der Waals surface area contributed by atoms with Crippen molar-refractivity contribution in [1.82, 2.24) is 0 Å². The Kier molecular flexibility index (Phi) is 5.91. The fraction of sp³-hybridized carbons (Fsp3) is 0.294. The van der Waals surface area contributed by atoms with Crippen molar-refractivity contribution in [2.75, 3.05) is 25.6 Å². The van der Waals surface area contributed by atoms with E-state index in [-0.39, 0.29) is 6.61 Å². The molecule has 0 aliphatic carbocycles. The van der Waals surface area contributed by atoms with Crippen LogP contribution in [0.1, 0.15) is 12.0 Å². The lowest BCUT2D eigenvalue weighted by molar-refractivity contribution is 0.244. The molecule has 0 amide bonds. The van der Waals surface area contributed by atoms with Gasteiger partial charge in [-0.3, -0.25) is 0 Å². The van der Waals surface area contributed by atoms with Crippen LogP contribution in [0.2, 0.25) is 0 Å². The number of nitrogens with two attached hydrogens (primary N) is 1. The fourth-order valence-corrected chi connectivity index (χ4v) is 1.97. The molecular formula is C17H21NO3. The van der Waals surface area contributed by atoms with Crippen molar-refractivity contribution in [3.63, 3.8) is 0 Å². The summed E-state index contributed by atoms with van der Waals surface area (Å²) in [7, 11) is 0. The third-order valence-electron chi connectivity index (χ3n) is 3.05. The minimum Gasteiger partial charge on any atom is -0.493 e. The Morgan fingerprint density at radius 1 is 0.905 bits per heavy atom. The van der Waals surface area contributed by atoms with E-state index in [0.29, 0.717) is 19.6 Å². The topological polar surface area (TPSA) is 64.7 Å². The predicted molar refractivity (Wildman–Crippen MR) is 83.7 cm³/mol. The number of hydrogen-bond donors (Lipinski definition) is 2. The van der Waals surface area contributed by atoms with Gasteiger partial charge in [-0.1, -0.05) is 18.2 Å². The summed E-state index contributed by atoms with van der Waals surface area (Å²) in [6.45, 7) is 1.30. The average molecular weight is 287 g/mol. The maximum atomic E-state index is 9.01. The first kappa shape index (κ1) is 15.2. The molecule has 0 fully saturated rings. The van der Waals surface area contributed by atoms with Crippen molar-refractivity contribution in [2.45, 2.75) is 12.8 Å². The molecule has 0 bridgehead atoms. The molecular weight excluding hydrogens is 266 g/mol. The molecule has 0 spiro atoms. The van der Waals surface area contributed by atoms with Crippen LogP contribution in [0.5, 0.6) is 11.5 Å². The molecule has 112 valence electrons. The smallest absolute Gasteiger partial charge is 0.122 e. The van der Waals surface area contributed by atoms with Crippen molar-refractivity contribution in [1.29, 1.82) is 0 Å². The van der Waals surface area contributed by atoms with E-state index < -0.39 is 0 Å². The Balaban J connectivity index is 1.71. The van der Waals surface area contributed by atoms with E-state index in [0.717, 1.165) is 29.2 Å². The number of ether oxygens (including phenoxy) is 2. The highest BCUT2D eigenvalue weighted by Gasteiger charge is 2.02. The van der Waals surface area contributed by atoms with Gasteiger partial charge in [0.15, 0.2) is 0 Å². The van der Waals surface area contributed by atoms with E-state index in [2.05, 4.69) is 0 Å². The maximum Gasteiger partial charge on any atom is 0.122 e. The van der Waals surface area contributed by atoms with Gasteiger partial charge >= 0.3 is 0 Å². The highest BCUT2D eigenvalue weighted by Crippen LogP contribution is 2.18. The van der Waals surface area contributed by atoms with E-state index in [1.807, 2.05) is 48.5 Å². The summed E-state index contributed by atoms with van der Waals surface area (Å²) in [4.78, 5) is 0. The SMILES string of the molecule is Nc1ccc(OCCCOc2ccccc2CCO)cc1. The van der Waals surface area contributed by atoms with Crippen molar-refractivity contribution in [3.8, 4) is 11.5 Å². The van der Waals surface area contributed by atoms with E-state index in [9.17, 15) is 0 Å². The lowest BCUT2D eigenvalue weighted by atomic mass is 10.1. The molecule has 0 aliphatic heterocycles. The van der Waals surface area contributed by atoms with Gasteiger partial charge in [0.25, 0.3) is 0 Å². The number of hydrogen-bond acceptors (Lipinski definition) is 4.